The summed E-state index contributed by atoms with van der Waals surface area (Å²) in [6, 6.07) is 5.55. The molecule has 0 saturated heterocycles. The van der Waals surface area contributed by atoms with E-state index in [-0.39, 0.29) is 10.5 Å². The molecular formula is C9H10ClNO4S. The number of sulfonamides is 1. The highest BCUT2D eigenvalue weighted by atomic mass is 35.5. The van der Waals surface area contributed by atoms with Crippen molar-refractivity contribution < 1.29 is 17.9 Å². The molecule has 7 heteroatoms. The van der Waals surface area contributed by atoms with Crippen molar-refractivity contribution in [1.29, 1.82) is 0 Å². The highest BCUT2D eigenvalue weighted by Gasteiger charge is 2.23. The molecule has 88 valence electrons. The molecule has 0 aliphatic rings. The largest absolute Gasteiger partial charge is 0.358 e. The van der Waals surface area contributed by atoms with Gasteiger partial charge in [-0.15, -0.1) is 0 Å². The fourth-order valence-electron chi connectivity index (χ4n) is 1.15. The Morgan fingerprint density at radius 1 is 1.44 bits per heavy atom. The standard InChI is InChI=1S/C9H10ClNO4S/c1-15-9(10)8(12)6-4-2-3-5-7(6)16(11,13)14/h2-5,9H,1H3,(H2,11,13,14). The molecule has 2 N–H and O–H groups in total. The zero-order valence-electron chi connectivity index (χ0n) is 8.38. The molecule has 0 radical (unpaired) electrons. The third kappa shape index (κ3) is 2.79. The van der Waals surface area contributed by atoms with Crippen LogP contribution in [-0.2, 0) is 14.8 Å². The fourth-order valence-corrected chi connectivity index (χ4v) is 2.01. The molecule has 1 atom stereocenters. The monoisotopic (exact) mass is 263 g/mol. The predicted molar refractivity (Wildman–Crippen MR) is 58.8 cm³/mol. The van der Waals surface area contributed by atoms with Crippen LogP contribution in [0.3, 0.4) is 0 Å². The fraction of sp³-hybridized carbons (Fsp3) is 0.222. The van der Waals surface area contributed by atoms with Gasteiger partial charge in [0, 0.05) is 12.7 Å². The minimum Gasteiger partial charge on any atom is -0.358 e. The number of hydrogen-bond donors (Lipinski definition) is 1. The number of rotatable bonds is 4. The van der Waals surface area contributed by atoms with Crippen LogP contribution in [0.1, 0.15) is 10.4 Å². The van der Waals surface area contributed by atoms with Crippen molar-refractivity contribution >= 4 is 27.4 Å². The molecule has 1 unspecified atom stereocenters. The number of benzene rings is 1. The number of methoxy groups -OCH3 is 1. The summed E-state index contributed by atoms with van der Waals surface area (Å²) in [6.07, 6.45) is 0. The Morgan fingerprint density at radius 2 is 2.00 bits per heavy atom. The summed E-state index contributed by atoms with van der Waals surface area (Å²) in [6.45, 7) is 0. The lowest BCUT2D eigenvalue weighted by Crippen LogP contribution is -2.22. The summed E-state index contributed by atoms with van der Waals surface area (Å²) < 4.78 is 27.0. The number of carbonyl (C=O) groups is 1. The molecule has 16 heavy (non-hydrogen) atoms. The second kappa shape index (κ2) is 4.92. The highest BCUT2D eigenvalue weighted by Crippen LogP contribution is 2.17. The van der Waals surface area contributed by atoms with Crippen LogP contribution in [0.5, 0.6) is 0 Å². The molecule has 0 amide bonds. The van der Waals surface area contributed by atoms with Gasteiger partial charge in [-0.3, -0.25) is 4.79 Å². The Labute approximate surface area is 98.2 Å². The first-order valence-electron chi connectivity index (χ1n) is 4.21. The van der Waals surface area contributed by atoms with E-state index < -0.39 is 21.4 Å². The molecule has 0 bridgehead atoms. The highest BCUT2D eigenvalue weighted by molar-refractivity contribution is 7.89. The number of hydrogen-bond acceptors (Lipinski definition) is 4. The normalized spacial score (nSPS) is 13.4. The van der Waals surface area contributed by atoms with Gasteiger partial charge in [0.05, 0.1) is 4.90 Å². The quantitative estimate of drug-likeness (QED) is 0.641. The molecule has 0 aromatic heterocycles. The first-order chi connectivity index (χ1) is 7.38. The minimum atomic E-state index is -3.96. The van der Waals surface area contributed by atoms with E-state index in [1.165, 1.54) is 31.4 Å². The summed E-state index contributed by atoms with van der Waals surface area (Å²) in [5.74, 6) is -0.645. The van der Waals surface area contributed by atoms with Crippen LogP contribution in [0.25, 0.3) is 0 Å². The summed E-state index contributed by atoms with van der Waals surface area (Å²) in [7, 11) is -2.71. The second-order valence-electron chi connectivity index (χ2n) is 2.96. The molecule has 0 fully saturated rings. The Morgan fingerprint density at radius 3 is 2.50 bits per heavy atom. The number of ether oxygens (including phenoxy) is 1. The Hall–Kier alpha value is -0.950. The first kappa shape index (κ1) is 13.1. The van der Waals surface area contributed by atoms with Gasteiger partial charge < -0.3 is 4.74 Å². The lowest BCUT2D eigenvalue weighted by atomic mass is 10.1. The molecule has 0 aliphatic carbocycles. The number of Topliss-reactive ketones (excluding diaryl/α,β-unsaturated/α-hetero) is 1. The zero-order chi connectivity index (χ0) is 12.3. The number of halogens is 1. The summed E-state index contributed by atoms with van der Waals surface area (Å²) in [4.78, 5) is 11.4. The smallest absolute Gasteiger partial charge is 0.238 e. The van der Waals surface area contributed by atoms with Crippen LogP contribution >= 0.6 is 11.6 Å². The zero-order valence-corrected chi connectivity index (χ0v) is 9.96. The van der Waals surface area contributed by atoms with Crippen LogP contribution in [-0.4, -0.2) is 26.9 Å². The van der Waals surface area contributed by atoms with Crippen LogP contribution in [0.15, 0.2) is 29.2 Å². The van der Waals surface area contributed by atoms with E-state index in [4.69, 9.17) is 16.7 Å². The third-order valence-electron chi connectivity index (χ3n) is 1.87. The molecule has 0 saturated carbocycles. The van der Waals surface area contributed by atoms with Gasteiger partial charge >= 0.3 is 0 Å². The third-order valence-corrected chi connectivity index (χ3v) is 3.22. The molecule has 0 aliphatic heterocycles. The average molecular weight is 264 g/mol. The van der Waals surface area contributed by atoms with Crippen LogP contribution in [0.4, 0.5) is 0 Å². The van der Waals surface area contributed by atoms with Gasteiger partial charge in [-0.2, -0.15) is 0 Å². The SMILES string of the molecule is COC(Cl)C(=O)c1ccccc1S(N)(=O)=O. The minimum absolute atomic E-state index is 0.0770. The van der Waals surface area contributed by atoms with Crippen molar-refractivity contribution in [3.8, 4) is 0 Å². The topological polar surface area (TPSA) is 86.5 Å². The molecule has 5 nitrogen and oxygen atoms in total. The summed E-state index contributed by atoms with van der Waals surface area (Å²) >= 11 is 5.56. The van der Waals surface area contributed by atoms with Crippen LogP contribution in [0.2, 0.25) is 0 Å². The van der Waals surface area contributed by atoms with Crippen molar-refractivity contribution in [3.05, 3.63) is 29.8 Å². The number of primary sulfonamides is 1. The van der Waals surface area contributed by atoms with Gasteiger partial charge in [-0.1, -0.05) is 23.7 Å². The van der Waals surface area contributed by atoms with E-state index in [2.05, 4.69) is 4.74 Å². The van der Waals surface area contributed by atoms with E-state index in [1.54, 1.807) is 0 Å². The number of carbonyl (C=O) groups excluding carboxylic acids is 1. The van der Waals surface area contributed by atoms with Crippen molar-refractivity contribution in [2.24, 2.45) is 5.14 Å². The Bertz CT molecular complexity index is 500. The molecule has 0 heterocycles. The Kier molecular flexibility index (Phi) is 4.03. The van der Waals surface area contributed by atoms with Crippen LogP contribution < -0.4 is 5.14 Å². The maximum Gasteiger partial charge on any atom is 0.238 e. The van der Waals surface area contributed by atoms with E-state index in [0.29, 0.717) is 0 Å². The Balaban J connectivity index is 3.30. The lowest BCUT2D eigenvalue weighted by molar-refractivity contribution is 0.0778. The lowest BCUT2D eigenvalue weighted by Gasteiger charge is -2.09. The predicted octanol–water partition coefficient (Wildman–Crippen LogP) is 0.728. The maximum absolute atomic E-state index is 11.7. The summed E-state index contributed by atoms with van der Waals surface area (Å²) in [5.41, 5.74) is -1.31. The van der Waals surface area contributed by atoms with Crippen molar-refractivity contribution in [2.75, 3.05) is 7.11 Å². The first-order valence-corrected chi connectivity index (χ1v) is 6.19. The summed E-state index contributed by atoms with van der Waals surface area (Å²) in [5, 5.41) is 4.97. The van der Waals surface area contributed by atoms with Gasteiger partial charge in [0.2, 0.25) is 15.8 Å². The van der Waals surface area contributed by atoms with E-state index in [1.807, 2.05) is 0 Å². The van der Waals surface area contributed by atoms with E-state index in [9.17, 15) is 13.2 Å². The van der Waals surface area contributed by atoms with Gasteiger partial charge in [0.25, 0.3) is 0 Å². The van der Waals surface area contributed by atoms with Gasteiger partial charge in [-0.25, -0.2) is 13.6 Å². The van der Waals surface area contributed by atoms with Crippen molar-refractivity contribution in [3.63, 3.8) is 0 Å². The maximum atomic E-state index is 11.7. The van der Waals surface area contributed by atoms with Crippen molar-refractivity contribution in [2.45, 2.75) is 10.5 Å². The number of ketones is 1. The second-order valence-corrected chi connectivity index (χ2v) is 4.88. The molecule has 1 rings (SSSR count). The van der Waals surface area contributed by atoms with E-state index in [0.717, 1.165) is 0 Å². The number of nitrogens with two attached hydrogens (primary N) is 1. The average Bonchev–Trinajstić information content (AvgIpc) is 2.26. The number of alkyl halides is 1. The van der Waals surface area contributed by atoms with Crippen LogP contribution in [0, 0.1) is 0 Å². The van der Waals surface area contributed by atoms with Gasteiger partial charge in [-0.05, 0) is 12.1 Å². The van der Waals surface area contributed by atoms with E-state index >= 15 is 0 Å². The van der Waals surface area contributed by atoms with Crippen molar-refractivity contribution in [1.82, 2.24) is 0 Å². The molecule has 1 aromatic carbocycles. The molecule has 1 aromatic rings. The van der Waals surface area contributed by atoms with Gasteiger partial charge in [0.15, 0.2) is 5.56 Å². The molecular weight excluding hydrogens is 254 g/mol. The van der Waals surface area contributed by atoms with Gasteiger partial charge in [0.1, 0.15) is 0 Å². The molecule has 0 spiro atoms.